The van der Waals surface area contributed by atoms with Crippen molar-refractivity contribution in [1.29, 1.82) is 0 Å². The average molecular weight is 224 g/mol. The number of rotatable bonds is 3. The molecule has 0 amide bonds. The van der Waals surface area contributed by atoms with Crippen LogP contribution in [0.3, 0.4) is 0 Å². The molecule has 87 valence electrons. The van der Waals surface area contributed by atoms with E-state index in [1.165, 1.54) is 11.1 Å². The van der Waals surface area contributed by atoms with Crippen molar-refractivity contribution in [2.24, 2.45) is 5.92 Å². The Morgan fingerprint density at radius 1 is 0.941 bits per heavy atom. The lowest BCUT2D eigenvalue weighted by molar-refractivity contribution is 0.621. The van der Waals surface area contributed by atoms with Crippen LogP contribution in [0, 0.1) is 12.8 Å². The molecule has 2 rings (SSSR count). The Balaban J connectivity index is 2.43. The van der Waals surface area contributed by atoms with Gasteiger partial charge in [0.2, 0.25) is 0 Å². The molecule has 0 aliphatic rings. The van der Waals surface area contributed by atoms with Crippen LogP contribution in [-0.4, -0.2) is 0 Å². The lowest BCUT2D eigenvalue weighted by Crippen LogP contribution is -2.09. The third kappa shape index (κ3) is 2.68. The molecule has 0 heterocycles. The zero-order chi connectivity index (χ0) is 12.3. The van der Waals surface area contributed by atoms with E-state index in [1.807, 2.05) is 24.3 Å². The summed E-state index contributed by atoms with van der Waals surface area (Å²) in [7, 11) is 0. The van der Waals surface area contributed by atoms with Crippen molar-refractivity contribution >= 4 is 5.69 Å². The molecule has 0 spiro atoms. The molecule has 0 aliphatic heterocycles. The molecule has 17 heavy (non-hydrogen) atoms. The minimum Gasteiger partial charge on any atom is -0.399 e. The van der Waals surface area contributed by atoms with Gasteiger partial charge in [-0.05, 0) is 36.1 Å². The maximum atomic E-state index is 5.85. The minimum atomic E-state index is 0.305. The van der Waals surface area contributed by atoms with E-state index < -0.39 is 0 Å². The van der Waals surface area contributed by atoms with E-state index in [-0.39, 0.29) is 0 Å². The summed E-state index contributed by atoms with van der Waals surface area (Å²) < 4.78 is 0. The van der Waals surface area contributed by atoms with E-state index in [4.69, 9.17) is 5.73 Å². The number of benzene rings is 2. The molecular formula is C16H18N. The van der Waals surface area contributed by atoms with Crippen molar-refractivity contribution in [3.05, 3.63) is 72.6 Å². The lowest BCUT2D eigenvalue weighted by atomic mass is 9.82. The first-order valence-electron chi connectivity index (χ1n) is 5.92. The van der Waals surface area contributed by atoms with Crippen molar-refractivity contribution in [3.8, 4) is 0 Å². The Kier molecular flexibility index (Phi) is 3.48. The van der Waals surface area contributed by atoms with Gasteiger partial charge in [0.05, 0.1) is 0 Å². The molecule has 0 aromatic heterocycles. The van der Waals surface area contributed by atoms with Crippen LogP contribution in [0.15, 0.2) is 54.6 Å². The SMILES string of the molecule is [CH2]C(C)C(c1ccccc1)c1cccc(N)c1. The van der Waals surface area contributed by atoms with Crippen molar-refractivity contribution in [2.75, 3.05) is 5.73 Å². The predicted molar refractivity (Wildman–Crippen MR) is 73.7 cm³/mol. The van der Waals surface area contributed by atoms with Crippen molar-refractivity contribution in [3.63, 3.8) is 0 Å². The summed E-state index contributed by atoms with van der Waals surface area (Å²) in [6.45, 7) is 6.32. The van der Waals surface area contributed by atoms with Gasteiger partial charge in [-0.2, -0.15) is 0 Å². The van der Waals surface area contributed by atoms with E-state index in [0.717, 1.165) is 5.69 Å². The van der Waals surface area contributed by atoms with Gasteiger partial charge >= 0.3 is 0 Å². The highest BCUT2D eigenvalue weighted by Gasteiger charge is 2.17. The number of anilines is 1. The summed E-state index contributed by atoms with van der Waals surface area (Å²) >= 11 is 0. The van der Waals surface area contributed by atoms with E-state index in [1.54, 1.807) is 0 Å². The second-order valence-corrected chi connectivity index (χ2v) is 4.54. The minimum absolute atomic E-state index is 0.305. The first kappa shape index (κ1) is 11.7. The number of nitrogen functional groups attached to an aromatic ring is 1. The van der Waals surface area contributed by atoms with Crippen LogP contribution in [0.25, 0.3) is 0 Å². The molecule has 2 aromatic rings. The predicted octanol–water partition coefficient (Wildman–Crippen LogP) is 3.87. The average Bonchev–Trinajstić information content (AvgIpc) is 2.30. The van der Waals surface area contributed by atoms with Crippen LogP contribution in [-0.2, 0) is 0 Å². The Morgan fingerprint density at radius 3 is 2.18 bits per heavy atom. The fraction of sp³-hybridized carbons (Fsp3) is 0.188. The number of hydrogen-bond acceptors (Lipinski definition) is 1. The normalized spacial score (nSPS) is 12.6. The molecule has 1 heteroatoms. The van der Waals surface area contributed by atoms with Gasteiger partial charge in [0, 0.05) is 11.6 Å². The molecular weight excluding hydrogens is 206 g/mol. The number of nitrogens with two attached hydrogens (primary N) is 1. The van der Waals surface area contributed by atoms with Gasteiger partial charge in [0.25, 0.3) is 0 Å². The Labute approximate surface area is 103 Å². The van der Waals surface area contributed by atoms with Gasteiger partial charge in [-0.1, -0.05) is 49.4 Å². The van der Waals surface area contributed by atoms with Gasteiger partial charge in [0.1, 0.15) is 0 Å². The molecule has 0 aliphatic carbocycles. The Bertz CT molecular complexity index is 474. The third-order valence-electron chi connectivity index (χ3n) is 3.00. The summed E-state index contributed by atoms with van der Waals surface area (Å²) in [4.78, 5) is 0. The summed E-state index contributed by atoms with van der Waals surface area (Å²) in [6, 6.07) is 18.5. The summed E-state index contributed by atoms with van der Waals surface area (Å²) in [6.07, 6.45) is 0. The molecule has 1 radical (unpaired) electrons. The molecule has 2 atom stereocenters. The summed E-state index contributed by atoms with van der Waals surface area (Å²) in [5, 5.41) is 0. The van der Waals surface area contributed by atoms with Gasteiger partial charge in [-0.25, -0.2) is 0 Å². The van der Waals surface area contributed by atoms with Gasteiger partial charge in [0.15, 0.2) is 0 Å². The topological polar surface area (TPSA) is 26.0 Å². The van der Waals surface area contributed by atoms with Crippen molar-refractivity contribution < 1.29 is 0 Å². The highest BCUT2D eigenvalue weighted by molar-refractivity contribution is 5.44. The molecule has 0 fully saturated rings. The number of hydrogen-bond donors (Lipinski definition) is 1. The Hall–Kier alpha value is -1.76. The fourth-order valence-corrected chi connectivity index (χ4v) is 2.26. The maximum Gasteiger partial charge on any atom is 0.0316 e. The lowest BCUT2D eigenvalue weighted by Gasteiger charge is -2.22. The first-order chi connectivity index (χ1) is 8.18. The standard InChI is InChI=1S/C16H18N/c1-12(2)16(13-7-4-3-5-8-13)14-9-6-10-15(17)11-14/h3-12,16H,1,17H2,2H3. The van der Waals surface area contributed by atoms with Crippen LogP contribution < -0.4 is 5.73 Å². The first-order valence-corrected chi connectivity index (χ1v) is 5.92. The van der Waals surface area contributed by atoms with Crippen molar-refractivity contribution in [1.82, 2.24) is 0 Å². The summed E-state index contributed by atoms with van der Waals surface area (Å²) in [5.41, 5.74) is 9.19. The van der Waals surface area contributed by atoms with E-state index >= 15 is 0 Å². The van der Waals surface area contributed by atoms with E-state index in [9.17, 15) is 0 Å². The zero-order valence-electron chi connectivity index (χ0n) is 10.1. The second kappa shape index (κ2) is 5.05. The zero-order valence-corrected chi connectivity index (χ0v) is 10.1. The van der Waals surface area contributed by atoms with Crippen LogP contribution in [0.2, 0.25) is 0 Å². The Morgan fingerprint density at radius 2 is 1.59 bits per heavy atom. The highest BCUT2D eigenvalue weighted by atomic mass is 14.5. The van der Waals surface area contributed by atoms with Crippen LogP contribution in [0.1, 0.15) is 24.0 Å². The molecule has 1 nitrogen and oxygen atoms in total. The molecule has 2 aromatic carbocycles. The molecule has 0 saturated carbocycles. The second-order valence-electron chi connectivity index (χ2n) is 4.54. The van der Waals surface area contributed by atoms with Gasteiger partial charge < -0.3 is 5.73 Å². The van der Waals surface area contributed by atoms with Gasteiger partial charge in [-0.15, -0.1) is 0 Å². The van der Waals surface area contributed by atoms with Crippen LogP contribution in [0.5, 0.6) is 0 Å². The monoisotopic (exact) mass is 224 g/mol. The largest absolute Gasteiger partial charge is 0.399 e. The molecule has 2 unspecified atom stereocenters. The molecule has 0 bridgehead atoms. The third-order valence-corrected chi connectivity index (χ3v) is 3.00. The maximum absolute atomic E-state index is 5.85. The molecule has 2 N–H and O–H groups in total. The van der Waals surface area contributed by atoms with Crippen LogP contribution >= 0.6 is 0 Å². The smallest absolute Gasteiger partial charge is 0.0316 e. The van der Waals surface area contributed by atoms with E-state index in [0.29, 0.717) is 11.8 Å². The van der Waals surface area contributed by atoms with Crippen molar-refractivity contribution in [2.45, 2.75) is 12.8 Å². The van der Waals surface area contributed by atoms with Crippen LogP contribution in [0.4, 0.5) is 5.69 Å². The van der Waals surface area contributed by atoms with Gasteiger partial charge in [-0.3, -0.25) is 0 Å². The quantitative estimate of drug-likeness (QED) is 0.787. The highest BCUT2D eigenvalue weighted by Crippen LogP contribution is 2.32. The summed E-state index contributed by atoms with van der Waals surface area (Å²) in [5.74, 6) is 0.610. The molecule has 0 saturated heterocycles. The fourth-order valence-electron chi connectivity index (χ4n) is 2.26. The van der Waals surface area contributed by atoms with E-state index in [2.05, 4.69) is 44.2 Å².